The second kappa shape index (κ2) is 8.52. The van der Waals surface area contributed by atoms with E-state index in [-0.39, 0.29) is 29.6 Å². The molecule has 0 N–H and O–H groups in total. The normalized spacial score (nSPS) is 21.4. The lowest BCUT2D eigenvalue weighted by atomic mass is 10.0. The zero-order valence-electron chi connectivity index (χ0n) is 18.7. The minimum Gasteiger partial charge on any atom is -0.468 e. The van der Waals surface area contributed by atoms with Crippen molar-refractivity contribution >= 4 is 12.0 Å². The molecule has 0 bridgehead atoms. The van der Waals surface area contributed by atoms with Crippen LogP contribution in [0.15, 0.2) is 30.5 Å². The molecule has 7 nitrogen and oxygen atoms in total. The van der Waals surface area contributed by atoms with Crippen LogP contribution in [-0.4, -0.2) is 52.7 Å². The van der Waals surface area contributed by atoms with Gasteiger partial charge < -0.3 is 19.3 Å². The third kappa shape index (κ3) is 4.92. The van der Waals surface area contributed by atoms with Gasteiger partial charge in [0.25, 0.3) is 5.88 Å². The highest BCUT2D eigenvalue weighted by atomic mass is 19.1. The van der Waals surface area contributed by atoms with Gasteiger partial charge in [0.15, 0.2) is 0 Å². The van der Waals surface area contributed by atoms with E-state index in [0.717, 1.165) is 6.20 Å². The van der Waals surface area contributed by atoms with Gasteiger partial charge in [-0.25, -0.2) is 14.2 Å². The number of hydrogen-bond acceptors (Lipinski definition) is 6. The predicted molar refractivity (Wildman–Crippen MR) is 114 cm³/mol. The van der Waals surface area contributed by atoms with Crippen LogP contribution in [-0.2, 0) is 4.74 Å². The van der Waals surface area contributed by atoms with E-state index in [1.165, 1.54) is 12.1 Å². The van der Waals surface area contributed by atoms with Crippen molar-refractivity contribution in [3.63, 3.8) is 0 Å². The van der Waals surface area contributed by atoms with Crippen LogP contribution in [0.2, 0.25) is 0 Å². The summed E-state index contributed by atoms with van der Waals surface area (Å²) < 4.78 is 38.7. The lowest BCUT2D eigenvalue weighted by molar-refractivity contribution is 0.0282. The maximum absolute atomic E-state index is 14.3. The molecule has 4 rings (SSSR count). The molecular formula is C23H28F2N4O3. The summed E-state index contributed by atoms with van der Waals surface area (Å²) in [6.45, 7) is 9.87. The fourth-order valence-corrected chi connectivity index (χ4v) is 4.18. The molecular weight excluding hydrogens is 418 g/mol. The summed E-state index contributed by atoms with van der Waals surface area (Å²) >= 11 is 0. The molecule has 2 saturated heterocycles. The summed E-state index contributed by atoms with van der Waals surface area (Å²) in [7, 11) is 0. The van der Waals surface area contributed by atoms with Crippen molar-refractivity contribution in [1.29, 1.82) is 0 Å². The molecule has 32 heavy (non-hydrogen) atoms. The summed E-state index contributed by atoms with van der Waals surface area (Å²) in [5.41, 5.74) is 0.188. The van der Waals surface area contributed by atoms with E-state index in [9.17, 15) is 13.6 Å². The van der Waals surface area contributed by atoms with Gasteiger partial charge in [0.2, 0.25) is 11.8 Å². The number of aromatic nitrogens is 2. The first-order valence-corrected chi connectivity index (χ1v) is 10.8. The largest absolute Gasteiger partial charge is 0.468 e. The Bertz CT molecular complexity index is 966. The first-order chi connectivity index (χ1) is 15.1. The minimum atomic E-state index is -0.654. The second-order valence-electron chi connectivity index (χ2n) is 9.45. The lowest BCUT2D eigenvalue weighted by Crippen LogP contribution is -2.37. The Balaban J connectivity index is 1.40. The van der Waals surface area contributed by atoms with Crippen LogP contribution >= 0.6 is 0 Å². The zero-order chi connectivity index (χ0) is 23.0. The van der Waals surface area contributed by atoms with Gasteiger partial charge in [0.05, 0.1) is 6.20 Å². The Labute approximate surface area is 186 Å². The molecule has 0 spiro atoms. The van der Waals surface area contributed by atoms with Gasteiger partial charge in [0.1, 0.15) is 17.5 Å². The van der Waals surface area contributed by atoms with E-state index in [1.807, 2.05) is 25.7 Å². The molecule has 1 aromatic carbocycles. The molecule has 1 amide bonds. The number of halogens is 2. The number of hydrogen-bond donors (Lipinski definition) is 0. The number of carbonyl (C=O) groups excluding carboxylic acids is 1. The van der Waals surface area contributed by atoms with E-state index in [4.69, 9.17) is 9.47 Å². The van der Waals surface area contributed by atoms with Crippen molar-refractivity contribution in [2.24, 2.45) is 11.8 Å². The molecule has 0 unspecified atom stereocenters. The zero-order valence-corrected chi connectivity index (χ0v) is 18.7. The molecule has 2 aromatic rings. The van der Waals surface area contributed by atoms with Gasteiger partial charge in [0, 0.05) is 38.0 Å². The molecule has 9 heteroatoms. The maximum Gasteiger partial charge on any atom is 0.410 e. The van der Waals surface area contributed by atoms with Crippen molar-refractivity contribution in [1.82, 2.24) is 14.9 Å². The third-order valence-corrected chi connectivity index (χ3v) is 5.75. The molecule has 0 aliphatic carbocycles. The topological polar surface area (TPSA) is 67.8 Å². The van der Waals surface area contributed by atoms with Crippen LogP contribution in [0.5, 0.6) is 5.88 Å². The maximum atomic E-state index is 14.3. The number of anilines is 1. The quantitative estimate of drug-likeness (QED) is 0.701. The first-order valence-electron chi connectivity index (χ1n) is 10.8. The number of ether oxygens (including phenoxy) is 2. The summed E-state index contributed by atoms with van der Waals surface area (Å²) in [5.74, 6) is -0.193. The van der Waals surface area contributed by atoms with Crippen LogP contribution in [0.25, 0.3) is 0 Å². The van der Waals surface area contributed by atoms with Crippen LogP contribution in [0.4, 0.5) is 19.5 Å². The predicted octanol–water partition coefficient (Wildman–Crippen LogP) is 4.20. The summed E-state index contributed by atoms with van der Waals surface area (Å²) in [6, 6.07) is 5.86. The van der Waals surface area contributed by atoms with Gasteiger partial charge in [-0.15, -0.1) is 0 Å². The van der Waals surface area contributed by atoms with Crippen molar-refractivity contribution in [2.75, 3.05) is 31.1 Å². The third-order valence-electron chi connectivity index (χ3n) is 5.75. The highest BCUT2D eigenvalue weighted by molar-refractivity contribution is 5.68. The Kier molecular flexibility index (Phi) is 5.92. The molecule has 2 aliphatic heterocycles. The van der Waals surface area contributed by atoms with Crippen LogP contribution in [0, 0.1) is 23.5 Å². The number of carbonyl (C=O) groups is 1. The first kappa shape index (κ1) is 22.2. The van der Waals surface area contributed by atoms with Crippen molar-refractivity contribution < 1.29 is 23.0 Å². The minimum absolute atomic E-state index is 0.140. The molecule has 2 fully saturated rings. The van der Waals surface area contributed by atoms with Gasteiger partial charge in [-0.2, -0.15) is 9.37 Å². The fraction of sp³-hybridized carbons (Fsp3) is 0.522. The summed E-state index contributed by atoms with van der Waals surface area (Å²) in [5, 5.41) is 0. The Morgan fingerprint density at radius 1 is 1.09 bits per heavy atom. The van der Waals surface area contributed by atoms with Crippen LogP contribution < -0.4 is 9.64 Å². The number of amides is 1. The molecule has 1 aromatic heterocycles. The van der Waals surface area contributed by atoms with Gasteiger partial charge in [-0.1, -0.05) is 12.1 Å². The fourth-order valence-electron chi connectivity index (χ4n) is 4.18. The smallest absolute Gasteiger partial charge is 0.410 e. The van der Waals surface area contributed by atoms with Crippen molar-refractivity contribution in [3.05, 3.63) is 47.7 Å². The van der Waals surface area contributed by atoms with Crippen LogP contribution in [0.1, 0.15) is 39.4 Å². The number of benzene rings is 1. The average molecular weight is 446 g/mol. The molecule has 2 aliphatic rings. The molecule has 3 atom stereocenters. The van der Waals surface area contributed by atoms with E-state index < -0.39 is 17.5 Å². The SMILES string of the molecule is C[C@@H](Oc1nc(N2C[C@H]3CN(C(=O)OC(C)(C)C)C[C@H]3C2)ncc1F)c1ccc(F)cc1. The van der Waals surface area contributed by atoms with Gasteiger partial charge >= 0.3 is 6.09 Å². The van der Waals surface area contributed by atoms with Crippen molar-refractivity contribution in [2.45, 2.75) is 39.4 Å². The second-order valence-corrected chi connectivity index (χ2v) is 9.45. The number of rotatable bonds is 4. The van der Waals surface area contributed by atoms with Gasteiger partial charge in [-0.3, -0.25) is 0 Å². The standard InChI is InChI=1S/C23H28F2N4O3/c1-14(15-5-7-18(24)8-6-15)31-20-19(25)9-26-21(27-20)28-10-16-12-29(13-17(16)11-28)22(30)32-23(2,3)4/h5-9,14,16-17H,10-13H2,1-4H3/t14-,16-,17+/m1/s1. The Morgan fingerprint density at radius 3 is 2.31 bits per heavy atom. The molecule has 3 heterocycles. The Morgan fingerprint density at radius 2 is 1.72 bits per heavy atom. The van der Waals surface area contributed by atoms with Crippen LogP contribution in [0.3, 0.4) is 0 Å². The summed E-state index contributed by atoms with van der Waals surface area (Å²) in [6.07, 6.45) is 0.311. The number of nitrogens with zero attached hydrogens (tertiary/aromatic N) is 4. The lowest BCUT2D eigenvalue weighted by Gasteiger charge is -2.26. The molecule has 0 radical (unpaired) electrons. The number of fused-ring (bicyclic) bond motifs is 1. The molecule has 172 valence electrons. The monoisotopic (exact) mass is 446 g/mol. The highest BCUT2D eigenvalue weighted by Crippen LogP contribution is 2.34. The highest BCUT2D eigenvalue weighted by Gasteiger charge is 2.43. The van der Waals surface area contributed by atoms with E-state index in [1.54, 1.807) is 24.0 Å². The van der Waals surface area contributed by atoms with E-state index in [2.05, 4.69) is 9.97 Å². The van der Waals surface area contributed by atoms with E-state index in [0.29, 0.717) is 37.7 Å². The van der Waals surface area contributed by atoms with E-state index >= 15 is 0 Å². The number of likely N-dealkylation sites (tertiary alicyclic amines) is 1. The Hall–Kier alpha value is -2.97. The van der Waals surface area contributed by atoms with Crippen molar-refractivity contribution in [3.8, 4) is 5.88 Å². The summed E-state index contributed by atoms with van der Waals surface area (Å²) in [4.78, 5) is 24.6. The average Bonchev–Trinajstić information content (AvgIpc) is 3.28. The molecule has 0 saturated carbocycles. The van der Waals surface area contributed by atoms with Gasteiger partial charge in [-0.05, 0) is 45.4 Å².